The summed E-state index contributed by atoms with van der Waals surface area (Å²) in [4.78, 5) is -1.06. The lowest BCUT2D eigenvalue weighted by Crippen LogP contribution is -2.37. The molecule has 0 aliphatic carbocycles. The summed E-state index contributed by atoms with van der Waals surface area (Å²) in [6.45, 7) is 2.14. The first kappa shape index (κ1) is 20.5. The zero-order valence-electron chi connectivity index (χ0n) is 15.2. The standard InChI is InChI=1S/C18H20F2N2O4S2/c1-2-11-27(23,24)22-10-4-5-13-12-14(8-9-17(13)22)21-28(25,26)18-15(19)6-3-7-16(18)20/h3,6-9,12,21H,2,4-5,10-11H2,1H3. The highest BCUT2D eigenvalue weighted by molar-refractivity contribution is 7.93. The second kappa shape index (κ2) is 7.67. The monoisotopic (exact) mass is 430 g/mol. The van der Waals surface area contributed by atoms with Gasteiger partial charge in [-0.05, 0) is 55.2 Å². The second-order valence-electron chi connectivity index (χ2n) is 6.49. The Morgan fingerprint density at radius 3 is 2.39 bits per heavy atom. The van der Waals surface area contributed by atoms with Crippen LogP contribution in [-0.2, 0) is 26.5 Å². The minimum atomic E-state index is -4.48. The van der Waals surface area contributed by atoms with Crippen molar-refractivity contribution in [2.45, 2.75) is 31.1 Å². The molecule has 28 heavy (non-hydrogen) atoms. The smallest absolute Gasteiger partial charge is 0.267 e. The molecule has 0 bridgehead atoms. The largest absolute Gasteiger partial charge is 0.279 e. The Kier molecular flexibility index (Phi) is 5.62. The molecule has 0 radical (unpaired) electrons. The number of fused-ring (bicyclic) bond motifs is 1. The van der Waals surface area contributed by atoms with E-state index in [1.807, 2.05) is 0 Å². The van der Waals surface area contributed by atoms with Gasteiger partial charge < -0.3 is 0 Å². The lowest BCUT2D eigenvalue weighted by atomic mass is 10.0. The number of hydrogen-bond acceptors (Lipinski definition) is 4. The molecule has 1 aliphatic heterocycles. The van der Waals surface area contributed by atoms with Crippen molar-refractivity contribution in [1.29, 1.82) is 0 Å². The van der Waals surface area contributed by atoms with Crippen molar-refractivity contribution in [2.75, 3.05) is 21.3 Å². The van der Waals surface area contributed by atoms with Crippen molar-refractivity contribution in [3.8, 4) is 0 Å². The fraction of sp³-hybridized carbons (Fsp3) is 0.333. The molecule has 0 fully saturated rings. The molecule has 0 atom stereocenters. The number of nitrogens with one attached hydrogen (secondary N) is 1. The third-order valence-corrected chi connectivity index (χ3v) is 7.80. The van der Waals surface area contributed by atoms with Gasteiger partial charge in [-0.15, -0.1) is 0 Å². The van der Waals surface area contributed by atoms with Crippen LogP contribution in [0.4, 0.5) is 20.2 Å². The van der Waals surface area contributed by atoms with E-state index in [2.05, 4.69) is 4.72 Å². The van der Waals surface area contributed by atoms with Gasteiger partial charge in [0.05, 0.1) is 11.4 Å². The van der Waals surface area contributed by atoms with Crippen molar-refractivity contribution in [1.82, 2.24) is 0 Å². The van der Waals surface area contributed by atoms with Crippen LogP contribution in [0, 0.1) is 11.6 Å². The van der Waals surface area contributed by atoms with Crippen LogP contribution in [0.15, 0.2) is 41.3 Å². The van der Waals surface area contributed by atoms with E-state index in [0.717, 1.165) is 18.2 Å². The summed E-state index contributed by atoms with van der Waals surface area (Å²) in [7, 11) is -7.94. The first-order valence-electron chi connectivity index (χ1n) is 8.76. The van der Waals surface area contributed by atoms with Crippen molar-refractivity contribution in [2.24, 2.45) is 0 Å². The first-order chi connectivity index (χ1) is 13.2. The number of hydrogen-bond donors (Lipinski definition) is 1. The molecular weight excluding hydrogens is 410 g/mol. The molecular formula is C18H20F2N2O4S2. The van der Waals surface area contributed by atoms with Gasteiger partial charge in [-0.25, -0.2) is 25.6 Å². The molecule has 0 unspecified atom stereocenters. The molecule has 10 heteroatoms. The maximum atomic E-state index is 13.8. The molecule has 6 nitrogen and oxygen atoms in total. The predicted octanol–water partition coefficient (Wildman–Crippen LogP) is 3.26. The zero-order chi connectivity index (χ0) is 20.5. The Hall–Kier alpha value is -2.20. The maximum absolute atomic E-state index is 13.8. The van der Waals surface area contributed by atoms with Crippen molar-refractivity contribution >= 4 is 31.4 Å². The summed E-state index contributed by atoms with van der Waals surface area (Å²) in [5.41, 5.74) is 1.26. The van der Waals surface area contributed by atoms with Gasteiger partial charge in [0.25, 0.3) is 10.0 Å². The van der Waals surface area contributed by atoms with Crippen LogP contribution >= 0.6 is 0 Å². The fourth-order valence-electron chi connectivity index (χ4n) is 3.23. The van der Waals surface area contributed by atoms with E-state index in [9.17, 15) is 25.6 Å². The van der Waals surface area contributed by atoms with Crippen LogP contribution in [0.2, 0.25) is 0 Å². The quantitative estimate of drug-likeness (QED) is 0.763. The lowest BCUT2D eigenvalue weighted by Gasteiger charge is -2.30. The van der Waals surface area contributed by atoms with Crippen LogP contribution in [0.5, 0.6) is 0 Å². The lowest BCUT2D eigenvalue weighted by molar-refractivity contribution is 0.521. The number of anilines is 2. The average Bonchev–Trinajstić information content (AvgIpc) is 2.60. The van der Waals surface area contributed by atoms with Gasteiger partial charge >= 0.3 is 0 Å². The summed E-state index contributed by atoms with van der Waals surface area (Å²) in [6, 6.07) is 7.20. The normalized spacial score (nSPS) is 14.6. The van der Waals surface area contributed by atoms with E-state index in [1.54, 1.807) is 6.92 Å². The highest BCUT2D eigenvalue weighted by Crippen LogP contribution is 2.33. The third kappa shape index (κ3) is 3.97. The summed E-state index contributed by atoms with van der Waals surface area (Å²) < 4.78 is 80.9. The highest BCUT2D eigenvalue weighted by atomic mass is 32.2. The fourth-order valence-corrected chi connectivity index (χ4v) is 6.04. The van der Waals surface area contributed by atoms with Gasteiger partial charge in [0.1, 0.15) is 11.6 Å². The van der Waals surface area contributed by atoms with E-state index in [-0.39, 0.29) is 11.4 Å². The van der Waals surface area contributed by atoms with Gasteiger partial charge in [-0.2, -0.15) is 0 Å². The predicted molar refractivity (Wildman–Crippen MR) is 103 cm³/mol. The number of rotatable bonds is 6. The average molecular weight is 430 g/mol. The molecule has 2 aromatic carbocycles. The van der Waals surface area contributed by atoms with Gasteiger partial charge in [-0.1, -0.05) is 13.0 Å². The van der Waals surface area contributed by atoms with E-state index < -0.39 is 36.6 Å². The number of aryl methyl sites for hydroxylation is 1. The van der Waals surface area contributed by atoms with Gasteiger partial charge in [0, 0.05) is 12.2 Å². The first-order valence-corrected chi connectivity index (χ1v) is 11.8. The zero-order valence-corrected chi connectivity index (χ0v) is 16.8. The van der Waals surface area contributed by atoms with Crippen molar-refractivity contribution in [3.05, 3.63) is 53.6 Å². The Morgan fingerprint density at radius 1 is 1.07 bits per heavy atom. The van der Waals surface area contributed by atoms with Crippen LogP contribution in [0.25, 0.3) is 0 Å². The Labute approximate surface area is 163 Å². The molecule has 3 rings (SSSR count). The third-order valence-electron chi connectivity index (χ3n) is 4.39. The number of sulfonamides is 2. The molecule has 0 spiro atoms. The SMILES string of the molecule is CCCS(=O)(=O)N1CCCc2cc(NS(=O)(=O)c3c(F)cccc3F)ccc21. The molecule has 0 amide bonds. The van der Waals surface area contributed by atoms with E-state index in [0.29, 0.717) is 37.1 Å². The van der Waals surface area contributed by atoms with Crippen molar-refractivity contribution < 1.29 is 25.6 Å². The van der Waals surface area contributed by atoms with Gasteiger partial charge in [-0.3, -0.25) is 9.03 Å². The molecule has 1 heterocycles. The Bertz CT molecular complexity index is 1080. The number of benzene rings is 2. The molecule has 2 aromatic rings. The second-order valence-corrected chi connectivity index (χ2v) is 10.1. The minimum absolute atomic E-state index is 0.0212. The van der Waals surface area contributed by atoms with Gasteiger partial charge in [0.15, 0.2) is 4.90 Å². The topological polar surface area (TPSA) is 83.6 Å². The summed E-state index contributed by atoms with van der Waals surface area (Å²) in [5, 5.41) is 0. The number of halogens is 2. The van der Waals surface area contributed by atoms with Gasteiger partial charge in [0.2, 0.25) is 10.0 Å². The molecule has 152 valence electrons. The summed E-state index contributed by atoms with van der Waals surface area (Å²) in [6.07, 6.45) is 1.64. The van der Waals surface area contributed by atoms with E-state index in [4.69, 9.17) is 0 Å². The van der Waals surface area contributed by atoms with E-state index >= 15 is 0 Å². The number of nitrogens with zero attached hydrogens (tertiary/aromatic N) is 1. The van der Waals surface area contributed by atoms with Crippen LogP contribution < -0.4 is 9.03 Å². The Morgan fingerprint density at radius 2 is 1.75 bits per heavy atom. The maximum Gasteiger partial charge on any atom is 0.267 e. The summed E-state index contributed by atoms with van der Waals surface area (Å²) in [5.74, 6) is -2.36. The van der Waals surface area contributed by atoms with E-state index in [1.165, 1.54) is 22.5 Å². The molecule has 0 aromatic heterocycles. The molecule has 1 N–H and O–H groups in total. The van der Waals surface area contributed by atoms with Crippen LogP contribution in [0.1, 0.15) is 25.3 Å². The molecule has 1 aliphatic rings. The highest BCUT2D eigenvalue weighted by Gasteiger charge is 2.28. The van der Waals surface area contributed by atoms with Crippen LogP contribution in [-0.4, -0.2) is 29.1 Å². The summed E-state index contributed by atoms with van der Waals surface area (Å²) >= 11 is 0. The minimum Gasteiger partial charge on any atom is -0.279 e. The molecule has 0 saturated heterocycles. The van der Waals surface area contributed by atoms with Crippen LogP contribution in [0.3, 0.4) is 0 Å². The van der Waals surface area contributed by atoms with Crippen molar-refractivity contribution in [3.63, 3.8) is 0 Å². The molecule has 0 saturated carbocycles. The Balaban J connectivity index is 1.94.